The van der Waals surface area contributed by atoms with Gasteiger partial charge >= 0.3 is 6.18 Å². The summed E-state index contributed by atoms with van der Waals surface area (Å²) in [5.74, 6) is 0. The number of nitrogens with one attached hydrogen (secondary N) is 2. The van der Waals surface area contributed by atoms with Crippen molar-refractivity contribution >= 4 is 22.3 Å². The van der Waals surface area contributed by atoms with E-state index in [0.717, 1.165) is 0 Å². The van der Waals surface area contributed by atoms with Crippen molar-refractivity contribution in [2.45, 2.75) is 19.0 Å². The first-order chi connectivity index (χ1) is 9.37. The van der Waals surface area contributed by atoms with Gasteiger partial charge in [-0.2, -0.15) is 13.2 Å². The van der Waals surface area contributed by atoms with E-state index in [1.807, 2.05) is 0 Å². The van der Waals surface area contributed by atoms with Crippen molar-refractivity contribution in [1.82, 2.24) is 9.97 Å². The minimum atomic E-state index is -4.16. The number of hydrogen-bond acceptors (Lipinski definition) is 4. The van der Waals surface area contributed by atoms with E-state index in [1.54, 1.807) is 6.07 Å². The zero-order chi connectivity index (χ0) is 14.8. The minimum Gasteiger partial charge on any atom is -0.397 e. The average Bonchev–Trinajstić information content (AvgIpc) is 2.35. The van der Waals surface area contributed by atoms with E-state index in [-0.39, 0.29) is 18.5 Å². The van der Waals surface area contributed by atoms with Gasteiger partial charge in [-0.3, -0.25) is 4.79 Å². The first kappa shape index (κ1) is 14.2. The number of fused-ring (bicyclic) bond motifs is 1. The normalized spacial score (nSPS) is 11.8. The summed E-state index contributed by atoms with van der Waals surface area (Å²) in [6.07, 6.45) is -3.81. The Balaban J connectivity index is 2.11. The second-order valence-electron chi connectivity index (χ2n) is 4.33. The summed E-state index contributed by atoms with van der Waals surface area (Å²) < 4.78 is 36.0. The maximum Gasteiger partial charge on any atom is 0.389 e. The predicted molar refractivity (Wildman–Crippen MR) is 70.6 cm³/mol. The Morgan fingerprint density at radius 2 is 2.10 bits per heavy atom. The molecule has 0 saturated carbocycles. The summed E-state index contributed by atoms with van der Waals surface area (Å²) in [6.45, 7) is 0.137. The van der Waals surface area contributed by atoms with Gasteiger partial charge in [0.05, 0.1) is 28.6 Å². The molecule has 0 spiro atoms. The maximum atomic E-state index is 12.0. The Morgan fingerprint density at radius 1 is 1.35 bits per heavy atom. The smallest absolute Gasteiger partial charge is 0.389 e. The number of nitrogens with zero attached hydrogens (tertiary/aromatic N) is 1. The molecule has 0 radical (unpaired) electrons. The molecule has 5 nitrogen and oxygen atoms in total. The summed E-state index contributed by atoms with van der Waals surface area (Å²) in [7, 11) is 0. The van der Waals surface area contributed by atoms with Crippen LogP contribution in [0.4, 0.5) is 24.5 Å². The van der Waals surface area contributed by atoms with E-state index in [9.17, 15) is 18.0 Å². The Labute approximate surface area is 112 Å². The Morgan fingerprint density at radius 3 is 2.80 bits per heavy atom. The van der Waals surface area contributed by atoms with Crippen molar-refractivity contribution in [3.63, 3.8) is 0 Å². The molecule has 0 amide bonds. The maximum absolute atomic E-state index is 12.0. The van der Waals surface area contributed by atoms with E-state index >= 15 is 0 Å². The molecule has 4 N–H and O–H groups in total. The van der Waals surface area contributed by atoms with E-state index in [4.69, 9.17) is 5.73 Å². The topological polar surface area (TPSA) is 83.8 Å². The van der Waals surface area contributed by atoms with Gasteiger partial charge in [0.15, 0.2) is 0 Å². The number of rotatable bonds is 4. The van der Waals surface area contributed by atoms with E-state index in [0.29, 0.717) is 22.3 Å². The molecule has 1 heterocycles. The highest BCUT2D eigenvalue weighted by molar-refractivity contribution is 5.88. The number of anilines is 2. The Kier molecular flexibility index (Phi) is 3.82. The fraction of sp³-hybridized carbons (Fsp3) is 0.333. The molecular formula is C12H13F3N4O. The first-order valence-corrected chi connectivity index (χ1v) is 5.94. The number of aromatic amines is 1. The van der Waals surface area contributed by atoms with Gasteiger partial charge in [-0.25, -0.2) is 4.98 Å². The number of H-pyrrole nitrogens is 1. The van der Waals surface area contributed by atoms with Gasteiger partial charge in [0.1, 0.15) is 0 Å². The van der Waals surface area contributed by atoms with Crippen LogP contribution in [0.1, 0.15) is 12.8 Å². The highest BCUT2D eigenvalue weighted by Crippen LogP contribution is 2.24. The van der Waals surface area contributed by atoms with Crippen molar-refractivity contribution in [2.24, 2.45) is 0 Å². The van der Waals surface area contributed by atoms with Crippen LogP contribution in [-0.2, 0) is 0 Å². The van der Waals surface area contributed by atoms with Crippen molar-refractivity contribution < 1.29 is 13.2 Å². The molecule has 20 heavy (non-hydrogen) atoms. The molecule has 8 heteroatoms. The van der Waals surface area contributed by atoms with Gasteiger partial charge in [-0.05, 0) is 18.6 Å². The number of hydrogen-bond donors (Lipinski definition) is 3. The molecule has 0 fully saturated rings. The number of nitrogen functional groups attached to an aromatic ring is 1. The molecule has 1 aromatic heterocycles. The second-order valence-corrected chi connectivity index (χ2v) is 4.33. The number of benzene rings is 1. The quantitative estimate of drug-likeness (QED) is 0.594. The largest absolute Gasteiger partial charge is 0.397 e. The summed E-state index contributed by atoms with van der Waals surface area (Å²) >= 11 is 0. The molecule has 0 saturated heterocycles. The van der Waals surface area contributed by atoms with E-state index in [2.05, 4.69) is 15.3 Å². The molecule has 0 atom stereocenters. The molecule has 1 aromatic carbocycles. The van der Waals surface area contributed by atoms with Gasteiger partial charge in [0.2, 0.25) is 0 Å². The highest BCUT2D eigenvalue weighted by atomic mass is 19.4. The van der Waals surface area contributed by atoms with Gasteiger partial charge in [-0.15, -0.1) is 0 Å². The van der Waals surface area contributed by atoms with Crippen LogP contribution < -0.4 is 16.6 Å². The number of alkyl halides is 3. The van der Waals surface area contributed by atoms with Crippen molar-refractivity contribution in [1.29, 1.82) is 0 Å². The Bertz CT molecular complexity index is 666. The van der Waals surface area contributed by atoms with Crippen LogP contribution in [0.3, 0.4) is 0 Å². The van der Waals surface area contributed by atoms with Crippen molar-refractivity contribution in [2.75, 3.05) is 17.6 Å². The van der Waals surface area contributed by atoms with Crippen LogP contribution in [0.25, 0.3) is 10.9 Å². The third-order valence-electron chi connectivity index (χ3n) is 2.76. The molecule has 2 aromatic rings. The lowest BCUT2D eigenvalue weighted by molar-refractivity contribution is -0.134. The lowest BCUT2D eigenvalue weighted by atomic mass is 10.2. The minimum absolute atomic E-state index is 0.0518. The predicted octanol–water partition coefficient (Wildman–Crippen LogP) is 2.26. The summed E-state index contributed by atoms with van der Waals surface area (Å²) in [4.78, 5) is 17.9. The van der Waals surface area contributed by atoms with Gasteiger partial charge in [-0.1, -0.05) is 0 Å². The number of nitrogens with two attached hydrogens (primary N) is 1. The molecule has 0 aliphatic heterocycles. The van der Waals surface area contributed by atoms with E-state index in [1.165, 1.54) is 12.4 Å². The molecule has 0 bridgehead atoms. The third-order valence-corrected chi connectivity index (χ3v) is 2.76. The van der Waals surface area contributed by atoms with Gasteiger partial charge < -0.3 is 16.0 Å². The number of halogens is 3. The van der Waals surface area contributed by atoms with E-state index < -0.39 is 12.6 Å². The fourth-order valence-corrected chi connectivity index (χ4v) is 1.80. The number of aromatic nitrogens is 2. The summed E-state index contributed by atoms with van der Waals surface area (Å²) in [5, 5.41) is 3.16. The SMILES string of the molecule is Nc1cc2c(=O)[nH]cnc2cc1NCCCC(F)(F)F. The highest BCUT2D eigenvalue weighted by Gasteiger charge is 2.25. The monoisotopic (exact) mass is 286 g/mol. The molecular weight excluding hydrogens is 273 g/mol. The molecule has 0 unspecified atom stereocenters. The van der Waals surface area contributed by atoms with Crippen LogP contribution in [0.2, 0.25) is 0 Å². The zero-order valence-corrected chi connectivity index (χ0v) is 10.4. The lowest BCUT2D eigenvalue weighted by Crippen LogP contribution is -2.12. The van der Waals surface area contributed by atoms with Gasteiger partial charge in [0, 0.05) is 13.0 Å². The van der Waals surface area contributed by atoms with Crippen LogP contribution >= 0.6 is 0 Å². The average molecular weight is 286 g/mol. The first-order valence-electron chi connectivity index (χ1n) is 5.94. The third kappa shape index (κ3) is 3.40. The fourth-order valence-electron chi connectivity index (χ4n) is 1.80. The zero-order valence-electron chi connectivity index (χ0n) is 10.4. The van der Waals surface area contributed by atoms with Crippen LogP contribution in [0.15, 0.2) is 23.3 Å². The van der Waals surface area contributed by atoms with Crippen LogP contribution in [0.5, 0.6) is 0 Å². The summed E-state index contributed by atoms with van der Waals surface area (Å²) in [6, 6.07) is 3.00. The Hall–Kier alpha value is -2.25. The lowest BCUT2D eigenvalue weighted by Gasteiger charge is -2.11. The second kappa shape index (κ2) is 5.40. The van der Waals surface area contributed by atoms with Gasteiger partial charge in [0.25, 0.3) is 5.56 Å². The van der Waals surface area contributed by atoms with Crippen LogP contribution in [-0.4, -0.2) is 22.7 Å². The molecule has 0 aliphatic rings. The summed E-state index contributed by atoms with van der Waals surface area (Å²) in [5.41, 5.74) is 6.64. The van der Waals surface area contributed by atoms with Crippen molar-refractivity contribution in [3.8, 4) is 0 Å². The molecule has 108 valence electrons. The molecule has 0 aliphatic carbocycles. The molecule has 2 rings (SSSR count). The van der Waals surface area contributed by atoms with Crippen molar-refractivity contribution in [3.05, 3.63) is 28.8 Å². The standard InChI is InChI=1S/C12H13F3N4O/c13-12(14,15)2-1-3-17-10-5-9-7(4-8(10)16)11(20)19-6-18-9/h4-6,17H,1-3,16H2,(H,18,19,20). The van der Waals surface area contributed by atoms with Crippen LogP contribution in [0, 0.1) is 0 Å².